The lowest BCUT2D eigenvalue weighted by molar-refractivity contribution is -0.117. The van der Waals surface area contributed by atoms with Crippen LogP contribution in [0.1, 0.15) is 17.9 Å². The van der Waals surface area contributed by atoms with Crippen LogP contribution < -0.4 is 15.0 Å². The number of rotatable bonds is 5. The Hall–Kier alpha value is -2.53. The highest BCUT2D eigenvalue weighted by atomic mass is 16.5. The number of carbonyl (C=O) groups excluding carboxylic acids is 1. The predicted molar refractivity (Wildman–Crippen MR) is 102 cm³/mol. The van der Waals surface area contributed by atoms with Crippen molar-refractivity contribution < 1.29 is 14.3 Å². The predicted octanol–water partition coefficient (Wildman–Crippen LogP) is 3.27. The molecule has 0 spiro atoms. The third kappa shape index (κ3) is 3.53. The van der Waals surface area contributed by atoms with E-state index in [1.165, 1.54) is 5.56 Å². The SMILES string of the molecule is COc1ccc(N2CCOCC2)cc1NC(=O)C1CC1c1ccccc1. The average Bonchev–Trinajstić information content (AvgIpc) is 3.50. The Balaban J connectivity index is 1.47. The summed E-state index contributed by atoms with van der Waals surface area (Å²) in [5.74, 6) is 1.11. The van der Waals surface area contributed by atoms with Crippen LogP contribution in [0.5, 0.6) is 5.75 Å². The Morgan fingerprint density at radius 2 is 1.92 bits per heavy atom. The van der Waals surface area contributed by atoms with E-state index in [0.29, 0.717) is 11.7 Å². The summed E-state index contributed by atoms with van der Waals surface area (Å²) in [4.78, 5) is 15.0. The van der Waals surface area contributed by atoms with Crippen LogP contribution in [-0.4, -0.2) is 39.3 Å². The van der Waals surface area contributed by atoms with E-state index in [9.17, 15) is 4.79 Å². The van der Waals surface area contributed by atoms with E-state index in [0.717, 1.165) is 44.1 Å². The first-order chi connectivity index (χ1) is 12.8. The maximum Gasteiger partial charge on any atom is 0.228 e. The number of anilines is 2. The van der Waals surface area contributed by atoms with Gasteiger partial charge in [0.05, 0.1) is 26.0 Å². The fourth-order valence-corrected chi connectivity index (χ4v) is 3.59. The molecule has 1 saturated carbocycles. The molecule has 2 unspecified atom stereocenters. The topological polar surface area (TPSA) is 50.8 Å². The Morgan fingerprint density at radius 1 is 1.15 bits per heavy atom. The molecule has 1 aliphatic carbocycles. The number of benzene rings is 2. The molecule has 0 aromatic heterocycles. The molecule has 5 heteroatoms. The zero-order valence-corrected chi connectivity index (χ0v) is 15.0. The maximum atomic E-state index is 12.7. The van der Waals surface area contributed by atoms with Gasteiger partial charge in [-0.3, -0.25) is 4.79 Å². The van der Waals surface area contributed by atoms with Crippen LogP contribution in [0.4, 0.5) is 11.4 Å². The molecule has 1 aliphatic heterocycles. The monoisotopic (exact) mass is 352 g/mol. The van der Waals surface area contributed by atoms with Crippen molar-refractivity contribution in [2.75, 3.05) is 43.6 Å². The summed E-state index contributed by atoms with van der Waals surface area (Å²) < 4.78 is 10.9. The fraction of sp³-hybridized carbons (Fsp3) is 0.381. The lowest BCUT2D eigenvalue weighted by Crippen LogP contribution is -2.36. The van der Waals surface area contributed by atoms with Gasteiger partial charge in [0, 0.05) is 24.7 Å². The molecule has 2 aliphatic rings. The van der Waals surface area contributed by atoms with Crippen LogP contribution in [0.25, 0.3) is 0 Å². The highest BCUT2D eigenvalue weighted by Gasteiger charge is 2.44. The summed E-state index contributed by atoms with van der Waals surface area (Å²) in [5.41, 5.74) is 3.06. The summed E-state index contributed by atoms with van der Waals surface area (Å²) in [6, 6.07) is 16.2. The van der Waals surface area contributed by atoms with Gasteiger partial charge in [-0.2, -0.15) is 0 Å². The van der Waals surface area contributed by atoms with Crippen molar-refractivity contribution in [3.8, 4) is 5.75 Å². The first-order valence-corrected chi connectivity index (χ1v) is 9.13. The van der Waals surface area contributed by atoms with E-state index < -0.39 is 0 Å². The summed E-state index contributed by atoms with van der Waals surface area (Å²) in [7, 11) is 1.63. The van der Waals surface area contributed by atoms with E-state index in [-0.39, 0.29) is 11.8 Å². The van der Waals surface area contributed by atoms with E-state index in [4.69, 9.17) is 9.47 Å². The number of nitrogens with one attached hydrogen (secondary N) is 1. The molecule has 2 atom stereocenters. The largest absolute Gasteiger partial charge is 0.495 e. The van der Waals surface area contributed by atoms with Gasteiger partial charge in [0.1, 0.15) is 5.75 Å². The highest BCUT2D eigenvalue weighted by molar-refractivity contribution is 5.97. The summed E-state index contributed by atoms with van der Waals surface area (Å²) in [6.45, 7) is 3.18. The summed E-state index contributed by atoms with van der Waals surface area (Å²) in [5, 5.41) is 3.08. The zero-order chi connectivity index (χ0) is 17.9. The second-order valence-electron chi connectivity index (χ2n) is 6.83. The normalized spacial score (nSPS) is 22.0. The van der Waals surface area contributed by atoms with Gasteiger partial charge in [0.25, 0.3) is 0 Å². The number of hydrogen-bond donors (Lipinski definition) is 1. The van der Waals surface area contributed by atoms with Crippen molar-refractivity contribution in [3.05, 3.63) is 54.1 Å². The molecule has 1 heterocycles. The van der Waals surface area contributed by atoms with Crippen LogP contribution in [0.15, 0.2) is 48.5 Å². The molecule has 4 rings (SSSR count). The second kappa shape index (κ2) is 7.38. The molecule has 0 radical (unpaired) electrons. The molecular weight excluding hydrogens is 328 g/mol. The van der Waals surface area contributed by atoms with Gasteiger partial charge in [-0.1, -0.05) is 30.3 Å². The van der Waals surface area contributed by atoms with Gasteiger partial charge in [0.2, 0.25) is 5.91 Å². The minimum atomic E-state index is 0.0362. The smallest absolute Gasteiger partial charge is 0.228 e. The molecule has 136 valence electrons. The third-order valence-corrected chi connectivity index (χ3v) is 5.17. The molecule has 2 aromatic carbocycles. The minimum Gasteiger partial charge on any atom is -0.495 e. The second-order valence-corrected chi connectivity index (χ2v) is 6.83. The Morgan fingerprint density at radius 3 is 2.65 bits per heavy atom. The number of ether oxygens (including phenoxy) is 2. The van der Waals surface area contributed by atoms with Crippen molar-refractivity contribution in [3.63, 3.8) is 0 Å². The minimum absolute atomic E-state index is 0.0362. The number of hydrogen-bond acceptors (Lipinski definition) is 4. The van der Waals surface area contributed by atoms with Gasteiger partial charge in [-0.25, -0.2) is 0 Å². The molecule has 26 heavy (non-hydrogen) atoms. The Labute approximate surface area is 153 Å². The van der Waals surface area contributed by atoms with Gasteiger partial charge in [0.15, 0.2) is 0 Å². The van der Waals surface area contributed by atoms with Gasteiger partial charge in [-0.05, 0) is 36.1 Å². The molecular formula is C21H24N2O3. The lowest BCUT2D eigenvalue weighted by atomic mass is 10.1. The van der Waals surface area contributed by atoms with Gasteiger partial charge < -0.3 is 19.7 Å². The van der Waals surface area contributed by atoms with Crippen molar-refractivity contribution in [1.82, 2.24) is 0 Å². The zero-order valence-electron chi connectivity index (χ0n) is 15.0. The first kappa shape index (κ1) is 16.9. The molecule has 2 aromatic rings. The van der Waals surface area contributed by atoms with Crippen LogP contribution >= 0.6 is 0 Å². The maximum absolute atomic E-state index is 12.7. The molecule has 1 saturated heterocycles. The van der Waals surface area contributed by atoms with Crippen molar-refractivity contribution in [1.29, 1.82) is 0 Å². The number of morpholine rings is 1. The van der Waals surface area contributed by atoms with E-state index in [2.05, 4.69) is 22.3 Å². The van der Waals surface area contributed by atoms with Gasteiger partial charge >= 0.3 is 0 Å². The molecule has 0 bridgehead atoms. The first-order valence-electron chi connectivity index (χ1n) is 9.13. The molecule has 2 fully saturated rings. The van der Waals surface area contributed by atoms with Crippen LogP contribution in [0.3, 0.4) is 0 Å². The number of amides is 1. The van der Waals surface area contributed by atoms with Crippen LogP contribution in [-0.2, 0) is 9.53 Å². The van der Waals surface area contributed by atoms with E-state index in [1.54, 1.807) is 7.11 Å². The Kier molecular flexibility index (Phi) is 4.80. The number of nitrogens with zero attached hydrogens (tertiary/aromatic N) is 1. The number of methoxy groups -OCH3 is 1. The fourth-order valence-electron chi connectivity index (χ4n) is 3.59. The molecule has 5 nitrogen and oxygen atoms in total. The summed E-state index contributed by atoms with van der Waals surface area (Å²) >= 11 is 0. The van der Waals surface area contributed by atoms with Crippen LogP contribution in [0.2, 0.25) is 0 Å². The molecule has 1 N–H and O–H groups in total. The Bertz CT molecular complexity index is 772. The van der Waals surface area contributed by atoms with Crippen molar-refractivity contribution >= 4 is 17.3 Å². The standard InChI is InChI=1S/C21H24N2O3/c1-25-20-8-7-16(23-9-11-26-12-10-23)13-19(20)22-21(24)18-14-17(18)15-5-3-2-4-6-15/h2-8,13,17-18H,9-12,14H2,1H3,(H,22,24). The van der Waals surface area contributed by atoms with Crippen molar-refractivity contribution in [2.45, 2.75) is 12.3 Å². The third-order valence-electron chi connectivity index (χ3n) is 5.17. The van der Waals surface area contributed by atoms with Gasteiger partial charge in [-0.15, -0.1) is 0 Å². The lowest BCUT2D eigenvalue weighted by Gasteiger charge is -2.29. The molecule has 1 amide bonds. The van der Waals surface area contributed by atoms with E-state index >= 15 is 0 Å². The van der Waals surface area contributed by atoms with Crippen molar-refractivity contribution in [2.24, 2.45) is 5.92 Å². The highest BCUT2D eigenvalue weighted by Crippen LogP contribution is 2.48. The quantitative estimate of drug-likeness (QED) is 0.897. The average molecular weight is 352 g/mol. The van der Waals surface area contributed by atoms with Crippen LogP contribution in [0, 0.1) is 5.92 Å². The van der Waals surface area contributed by atoms with E-state index in [1.807, 2.05) is 36.4 Å². The summed E-state index contributed by atoms with van der Waals surface area (Å²) in [6.07, 6.45) is 0.904. The number of carbonyl (C=O) groups is 1.